The van der Waals surface area contributed by atoms with Crippen LogP contribution < -0.4 is 15.8 Å². The highest BCUT2D eigenvalue weighted by atomic mass is 35.5. The molecule has 0 aliphatic carbocycles. The summed E-state index contributed by atoms with van der Waals surface area (Å²) in [6.45, 7) is 4.75. The highest BCUT2D eigenvalue weighted by Gasteiger charge is 2.24. The summed E-state index contributed by atoms with van der Waals surface area (Å²) in [7, 11) is 0. The fraction of sp³-hybridized carbons (Fsp3) is 0.600. The number of nitrogens with one attached hydrogen (secondary N) is 2. The van der Waals surface area contributed by atoms with E-state index < -0.39 is 0 Å². The molecule has 88 valence electrons. The quantitative estimate of drug-likeness (QED) is 0.816. The molecule has 2 N–H and O–H groups in total. The van der Waals surface area contributed by atoms with E-state index in [0.717, 1.165) is 26.1 Å². The Labute approximate surface area is 98.8 Å². The molecule has 2 heterocycles. The molecule has 16 heavy (non-hydrogen) atoms. The minimum absolute atomic E-state index is 0.177. The number of H-pyrrole nitrogens is 1. The predicted molar refractivity (Wildman–Crippen MR) is 64.2 cm³/mol. The summed E-state index contributed by atoms with van der Waals surface area (Å²) in [4.78, 5) is 20.1. The van der Waals surface area contributed by atoms with Crippen molar-refractivity contribution in [1.82, 2.24) is 15.3 Å². The zero-order valence-electron chi connectivity index (χ0n) is 9.16. The number of nitrogens with zero attached hydrogens (tertiary/aromatic N) is 2. The van der Waals surface area contributed by atoms with Gasteiger partial charge in [0.05, 0.1) is 6.33 Å². The first-order valence-corrected chi connectivity index (χ1v) is 5.82. The van der Waals surface area contributed by atoms with E-state index in [1.54, 1.807) is 0 Å². The third kappa shape index (κ3) is 2.05. The molecule has 0 bridgehead atoms. The smallest absolute Gasteiger partial charge is 0.271 e. The molecule has 5 nitrogen and oxygen atoms in total. The number of hydrogen-bond acceptors (Lipinski definition) is 4. The Morgan fingerprint density at radius 1 is 1.69 bits per heavy atom. The van der Waals surface area contributed by atoms with Crippen LogP contribution in [0.3, 0.4) is 0 Å². The van der Waals surface area contributed by atoms with Crippen LogP contribution in [0, 0.1) is 0 Å². The standard InChI is InChI=1S/C10H15ClN4O/c1-2-15(7-3-4-12-5-7)9-8(11)10(16)14-6-13-9/h6-7,12H,2-5H2,1H3,(H,13,14,16). The molecule has 1 atom stereocenters. The van der Waals surface area contributed by atoms with E-state index in [4.69, 9.17) is 11.6 Å². The van der Waals surface area contributed by atoms with Crippen molar-refractivity contribution in [2.24, 2.45) is 0 Å². The Bertz CT molecular complexity index is 414. The first-order valence-electron chi connectivity index (χ1n) is 5.44. The summed E-state index contributed by atoms with van der Waals surface area (Å²) < 4.78 is 0. The molecule has 0 saturated carbocycles. The second kappa shape index (κ2) is 4.84. The number of aromatic nitrogens is 2. The molecule has 1 aliphatic rings. The van der Waals surface area contributed by atoms with E-state index in [2.05, 4.69) is 20.2 Å². The van der Waals surface area contributed by atoms with Gasteiger partial charge >= 0.3 is 0 Å². The molecular formula is C10H15ClN4O. The zero-order valence-corrected chi connectivity index (χ0v) is 9.92. The average molecular weight is 243 g/mol. The Hall–Kier alpha value is -1.07. The van der Waals surface area contributed by atoms with Crippen molar-refractivity contribution < 1.29 is 0 Å². The van der Waals surface area contributed by atoms with Crippen LogP contribution in [0.25, 0.3) is 0 Å². The van der Waals surface area contributed by atoms with Gasteiger partial charge in [-0.3, -0.25) is 4.79 Å². The number of anilines is 1. The third-order valence-corrected chi connectivity index (χ3v) is 3.21. The lowest BCUT2D eigenvalue weighted by molar-refractivity contribution is 0.639. The molecule has 1 fully saturated rings. The summed E-state index contributed by atoms with van der Waals surface area (Å²) in [5, 5.41) is 3.47. The van der Waals surface area contributed by atoms with Crippen LogP contribution in [-0.4, -0.2) is 35.6 Å². The molecule has 0 spiro atoms. The molecule has 0 amide bonds. The molecule has 1 saturated heterocycles. The Morgan fingerprint density at radius 2 is 2.50 bits per heavy atom. The zero-order chi connectivity index (χ0) is 11.5. The van der Waals surface area contributed by atoms with E-state index in [9.17, 15) is 4.79 Å². The highest BCUT2D eigenvalue weighted by molar-refractivity contribution is 6.32. The van der Waals surface area contributed by atoms with E-state index in [1.165, 1.54) is 6.33 Å². The summed E-state index contributed by atoms with van der Waals surface area (Å²) >= 11 is 5.98. The largest absolute Gasteiger partial charge is 0.351 e. The van der Waals surface area contributed by atoms with Gasteiger partial charge in [0.15, 0.2) is 5.82 Å². The fourth-order valence-corrected chi connectivity index (χ4v) is 2.27. The Balaban J connectivity index is 2.32. The normalized spacial score (nSPS) is 20.0. The minimum atomic E-state index is -0.281. The molecule has 6 heteroatoms. The van der Waals surface area contributed by atoms with Crippen LogP contribution in [0.2, 0.25) is 5.02 Å². The van der Waals surface area contributed by atoms with E-state index in [-0.39, 0.29) is 10.6 Å². The van der Waals surface area contributed by atoms with Crippen molar-refractivity contribution in [3.8, 4) is 0 Å². The van der Waals surface area contributed by atoms with Crippen LogP contribution in [0.1, 0.15) is 13.3 Å². The summed E-state index contributed by atoms with van der Waals surface area (Å²) in [6, 6.07) is 0.372. The molecule has 1 unspecified atom stereocenters. The minimum Gasteiger partial charge on any atom is -0.351 e. The molecular weight excluding hydrogens is 228 g/mol. The van der Waals surface area contributed by atoms with Gasteiger partial charge in [-0.15, -0.1) is 0 Å². The fourth-order valence-electron chi connectivity index (χ4n) is 2.06. The van der Waals surface area contributed by atoms with E-state index >= 15 is 0 Å². The van der Waals surface area contributed by atoms with Crippen molar-refractivity contribution in [1.29, 1.82) is 0 Å². The van der Waals surface area contributed by atoms with E-state index in [1.807, 2.05) is 6.92 Å². The number of rotatable bonds is 3. The molecule has 1 aliphatic heterocycles. The average Bonchev–Trinajstić information content (AvgIpc) is 2.79. The van der Waals surface area contributed by atoms with Gasteiger partial charge in [0.2, 0.25) is 0 Å². The van der Waals surface area contributed by atoms with E-state index in [0.29, 0.717) is 11.9 Å². The van der Waals surface area contributed by atoms with Crippen molar-refractivity contribution in [3.63, 3.8) is 0 Å². The topological polar surface area (TPSA) is 61.0 Å². The molecule has 0 radical (unpaired) electrons. The Kier molecular flexibility index (Phi) is 3.46. The second-order valence-electron chi connectivity index (χ2n) is 3.80. The summed E-state index contributed by atoms with van der Waals surface area (Å²) in [5.41, 5.74) is -0.281. The maximum Gasteiger partial charge on any atom is 0.271 e. The van der Waals surface area contributed by atoms with Crippen molar-refractivity contribution in [2.75, 3.05) is 24.5 Å². The summed E-state index contributed by atoms with van der Waals surface area (Å²) in [6.07, 6.45) is 2.45. The van der Waals surface area contributed by atoms with Crippen LogP contribution in [0.5, 0.6) is 0 Å². The van der Waals surface area contributed by atoms with Gasteiger partial charge in [-0.05, 0) is 19.9 Å². The first kappa shape index (κ1) is 11.4. The van der Waals surface area contributed by atoms with Gasteiger partial charge in [-0.2, -0.15) is 0 Å². The van der Waals surface area contributed by atoms with Crippen LogP contribution in [0.15, 0.2) is 11.1 Å². The lowest BCUT2D eigenvalue weighted by Gasteiger charge is -2.28. The third-order valence-electron chi connectivity index (χ3n) is 2.87. The van der Waals surface area contributed by atoms with Gasteiger partial charge in [0, 0.05) is 19.1 Å². The Morgan fingerprint density at radius 3 is 3.12 bits per heavy atom. The monoisotopic (exact) mass is 242 g/mol. The van der Waals surface area contributed by atoms with Gasteiger partial charge in [0.1, 0.15) is 5.02 Å². The number of halogens is 1. The molecule has 2 rings (SSSR count). The molecule has 1 aromatic rings. The van der Waals surface area contributed by atoms with Gasteiger partial charge < -0.3 is 15.2 Å². The SMILES string of the molecule is CCN(c1nc[nH]c(=O)c1Cl)C1CCNC1. The van der Waals surface area contributed by atoms with Gasteiger partial charge in [-0.1, -0.05) is 11.6 Å². The van der Waals surface area contributed by atoms with Gasteiger partial charge in [0.25, 0.3) is 5.56 Å². The predicted octanol–water partition coefficient (Wildman–Crippen LogP) is 0.612. The maximum absolute atomic E-state index is 11.4. The second-order valence-corrected chi connectivity index (χ2v) is 4.18. The molecule has 0 aromatic carbocycles. The number of hydrogen-bond donors (Lipinski definition) is 2. The first-order chi connectivity index (χ1) is 7.74. The lowest BCUT2D eigenvalue weighted by Crippen LogP contribution is -2.38. The van der Waals surface area contributed by atoms with Crippen LogP contribution in [-0.2, 0) is 0 Å². The summed E-state index contributed by atoms with van der Waals surface area (Å²) in [5.74, 6) is 0.585. The van der Waals surface area contributed by atoms with Crippen molar-refractivity contribution in [3.05, 3.63) is 21.7 Å². The number of likely N-dealkylation sites (N-methyl/N-ethyl adjacent to an activating group) is 1. The van der Waals surface area contributed by atoms with Crippen LogP contribution >= 0.6 is 11.6 Å². The van der Waals surface area contributed by atoms with Crippen LogP contribution in [0.4, 0.5) is 5.82 Å². The maximum atomic E-state index is 11.4. The number of aromatic amines is 1. The van der Waals surface area contributed by atoms with Gasteiger partial charge in [-0.25, -0.2) is 4.98 Å². The molecule has 1 aromatic heterocycles. The lowest BCUT2D eigenvalue weighted by atomic mass is 10.2. The van der Waals surface area contributed by atoms with Crippen molar-refractivity contribution in [2.45, 2.75) is 19.4 Å². The highest BCUT2D eigenvalue weighted by Crippen LogP contribution is 2.22. The van der Waals surface area contributed by atoms with Crippen molar-refractivity contribution >= 4 is 17.4 Å².